The molecule has 1 aliphatic rings. The number of halogens is 1. The predicted octanol–water partition coefficient (Wildman–Crippen LogP) is 2.83. The molecule has 3 heteroatoms. The maximum Gasteiger partial charge on any atom is 0.128 e. The van der Waals surface area contributed by atoms with Gasteiger partial charge in [-0.05, 0) is 37.3 Å². The molecule has 0 aliphatic heterocycles. The Morgan fingerprint density at radius 1 is 1.38 bits per heavy atom. The quantitative estimate of drug-likeness (QED) is 0.609. The highest BCUT2D eigenvalue weighted by Crippen LogP contribution is 2.36. The normalized spacial score (nSPS) is 18.9. The highest BCUT2D eigenvalue weighted by Gasteiger charge is 2.27. The van der Waals surface area contributed by atoms with E-state index in [1.807, 2.05) is 19.1 Å². The summed E-state index contributed by atoms with van der Waals surface area (Å²) in [6, 6.07) is 5.34. The van der Waals surface area contributed by atoms with Crippen molar-refractivity contribution in [2.45, 2.75) is 38.6 Å². The van der Waals surface area contributed by atoms with Crippen molar-refractivity contribution >= 4 is 0 Å². The Morgan fingerprint density at radius 2 is 2.06 bits per heavy atom. The van der Waals surface area contributed by atoms with Crippen LogP contribution in [0.5, 0.6) is 0 Å². The molecule has 0 heterocycles. The molecule has 88 valence electrons. The molecule has 1 aliphatic carbocycles. The maximum atomic E-state index is 13.8. The summed E-state index contributed by atoms with van der Waals surface area (Å²) in [5.74, 6) is 5.91. The summed E-state index contributed by atoms with van der Waals surface area (Å²) in [4.78, 5) is 0. The van der Waals surface area contributed by atoms with Crippen LogP contribution in [0.4, 0.5) is 4.39 Å². The molecule has 1 saturated carbocycles. The van der Waals surface area contributed by atoms with Crippen LogP contribution < -0.4 is 11.3 Å². The Hall–Kier alpha value is -0.930. The van der Waals surface area contributed by atoms with Gasteiger partial charge in [0.05, 0.1) is 6.04 Å². The van der Waals surface area contributed by atoms with Gasteiger partial charge in [-0.3, -0.25) is 11.3 Å². The smallest absolute Gasteiger partial charge is 0.128 e. The van der Waals surface area contributed by atoms with Gasteiger partial charge in [-0.1, -0.05) is 25.0 Å². The first-order valence-corrected chi connectivity index (χ1v) is 5.94. The molecule has 2 rings (SSSR count). The van der Waals surface area contributed by atoms with E-state index >= 15 is 0 Å². The van der Waals surface area contributed by atoms with Crippen LogP contribution >= 0.6 is 0 Å². The average Bonchev–Trinajstić information content (AvgIpc) is 2.75. The molecule has 1 fully saturated rings. The van der Waals surface area contributed by atoms with Gasteiger partial charge in [0.25, 0.3) is 0 Å². The van der Waals surface area contributed by atoms with Crippen LogP contribution in [0.2, 0.25) is 0 Å². The first-order valence-electron chi connectivity index (χ1n) is 5.94. The molecule has 1 unspecified atom stereocenters. The van der Waals surface area contributed by atoms with Gasteiger partial charge in [-0.25, -0.2) is 4.39 Å². The van der Waals surface area contributed by atoms with E-state index in [1.54, 1.807) is 6.07 Å². The molecule has 0 amide bonds. The summed E-state index contributed by atoms with van der Waals surface area (Å²) in [5.41, 5.74) is 4.44. The molecule has 0 saturated heterocycles. The lowest BCUT2D eigenvalue weighted by atomic mass is 9.91. The highest BCUT2D eigenvalue weighted by atomic mass is 19.1. The van der Waals surface area contributed by atoms with Crippen molar-refractivity contribution in [2.75, 3.05) is 0 Å². The topological polar surface area (TPSA) is 38.0 Å². The van der Waals surface area contributed by atoms with Crippen LogP contribution in [0.1, 0.15) is 42.9 Å². The molecule has 1 atom stereocenters. The highest BCUT2D eigenvalue weighted by molar-refractivity contribution is 5.26. The number of hydrogen-bond acceptors (Lipinski definition) is 2. The maximum absolute atomic E-state index is 13.8. The number of hydrogen-bond donors (Lipinski definition) is 2. The van der Waals surface area contributed by atoms with Crippen molar-refractivity contribution < 1.29 is 4.39 Å². The molecule has 0 bridgehead atoms. The van der Waals surface area contributed by atoms with Crippen molar-refractivity contribution in [1.29, 1.82) is 0 Å². The standard InChI is InChI=1S/C13H19FN2/c1-9-6-7-11(12(14)8-9)13(16-15)10-4-2-3-5-10/h6-8,10,13,16H,2-5,15H2,1H3. The van der Waals surface area contributed by atoms with Gasteiger partial charge in [-0.2, -0.15) is 0 Å². The SMILES string of the molecule is Cc1ccc(C(NN)C2CCCC2)c(F)c1. The Morgan fingerprint density at radius 3 is 2.62 bits per heavy atom. The van der Waals surface area contributed by atoms with Gasteiger partial charge in [0, 0.05) is 5.56 Å². The molecular weight excluding hydrogens is 203 g/mol. The molecule has 1 aromatic rings. The van der Waals surface area contributed by atoms with Crippen LogP contribution in [0.25, 0.3) is 0 Å². The van der Waals surface area contributed by atoms with Crippen LogP contribution in [-0.2, 0) is 0 Å². The molecule has 3 N–H and O–H groups in total. The van der Waals surface area contributed by atoms with Crippen LogP contribution in [0.3, 0.4) is 0 Å². The number of nitrogens with two attached hydrogens (primary N) is 1. The van der Waals surface area contributed by atoms with E-state index in [0.717, 1.165) is 18.4 Å². The zero-order valence-corrected chi connectivity index (χ0v) is 9.67. The predicted molar refractivity (Wildman–Crippen MR) is 63.2 cm³/mol. The lowest BCUT2D eigenvalue weighted by Crippen LogP contribution is -2.33. The van der Waals surface area contributed by atoms with E-state index in [-0.39, 0.29) is 11.9 Å². The minimum Gasteiger partial charge on any atom is -0.271 e. The minimum atomic E-state index is -0.144. The first kappa shape index (κ1) is 11.6. The van der Waals surface area contributed by atoms with E-state index in [1.165, 1.54) is 12.8 Å². The molecule has 0 aromatic heterocycles. The van der Waals surface area contributed by atoms with Gasteiger partial charge in [0.2, 0.25) is 0 Å². The lowest BCUT2D eigenvalue weighted by Gasteiger charge is -2.23. The van der Waals surface area contributed by atoms with Crippen LogP contribution in [-0.4, -0.2) is 0 Å². The summed E-state index contributed by atoms with van der Waals surface area (Å²) >= 11 is 0. The molecule has 2 nitrogen and oxygen atoms in total. The second-order valence-corrected chi connectivity index (χ2v) is 4.71. The summed E-state index contributed by atoms with van der Waals surface area (Å²) in [5, 5.41) is 0. The number of aryl methyl sites for hydroxylation is 1. The summed E-state index contributed by atoms with van der Waals surface area (Å²) in [6.07, 6.45) is 4.75. The Balaban J connectivity index is 2.25. The first-order chi connectivity index (χ1) is 7.72. The summed E-state index contributed by atoms with van der Waals surface area (Å²) < 4.78 is 13.8. The molecular formula is C13H19FN2. The van der Waals surface area contributed by atoms with Gasteiger partial charge >= 0.3 is 0 Å². The van der Waals surface area contributed by atoms with Crippen molar-refractivity contribution in [2.24, 2.45) is 11.8 Å². The minimum absolute atomic E-state index is 0.0388. The monoisotopic (exact) mass is 222 g/mol. The Bertz CT molecular complexity index is 359. The van der Waals surface area contributed by atoms with E-state index in [0.29, 0.717) is 11.5 Å². The van der Waals surface area contributed by atoms with Gasteiger partial charge in [0.15, 0.2) is 0 Å². The third-order valence-electron chi connectivity index (χ3n) is 3.54. The lowest BCUT2D eigenvalue weighted by molar-refractivity contribution is 0.362. The third kappa shape index (κ3) is 2.25. The molecule has 16 heavy (non-hydrogen) atoms. The van der Waals surface area contributed by atoms with Gasteiger partial charge < -0.3 is 0 Å². The number of hydrazine groups is 1. The van der Waals surface area contributed by atoms with Crippen molar-refractivity contribution in [3.8, 4) is 0 Å². The summed E-state index contributed by atoms with van der Waals surface area (Å²) in [6.45, 7) is 1.90. The second-order valence-electron chi connectivity index (χ2n) is 4.71. The van der Waals surface area contributed by atoms with E-state index in [2.05, 4.69) is 5.43 Å². The number of benzene rings is 1. The van der Waals surface area contributed by atoms with E-state index < -0.39 is 0 Å². The van der Waals surface area contributed by atoms with Gasteiger partial charge in [-0.15, -0.1) is 0 Å². The third-order valence-corrected chi connectivity index (χ3v) is 3.54. The zero-order valence-electron chi connectivity index (χ0n) is 9.67. The molecule has 0 spiro atoms. The van der Waals surface area contributed by atoms with Crippen molar-refractivity contribution in [3.63, 3.8) is 0 Å². The molecule has 0 radical (unpaired) electrons. The summed E-state index contributed by atoms with van der Waals surface area (Å²) in [7, 11) is 0. The fourth-order valence-corrected chi connectivity index (χ4v) is 2.65. The fraction of sp³-hybridized carbons (Fsp3) is 0.538. The number of rotatable bonds is 3. The largest absolute Gasteiger partial charge is 0.271 e. The van der Waals surface area contributed by atoms with E-state index in [4.69, 9.17) is 5.84 Å². The zero-order chi connectivity index (χ0) is 11.5. The van der Waals surface area contributed by atoms with Gasteiger partial charge in [0.1, 0.15) is 5.82 Å². The van der Waals surface area contributed by atoms with E-state index in [9.17, 15) is 4.39 Å². The second kappa shape index (κ2) is 4.93. The number of nitrogens with one attached hydrogen (secondary N) is 1. The molecule has 1 aromatic carbocycles. The Kier molecular flexibility index (Phi) is 3.56. The average molecular weight is 222 g/mol. The van der Waals surface area contributed by atoms with Crippen LogP contribution in [0, 0.1) is 18.7 Å². The Labute approximate surface area is 96.0 Å². The van der Waals surface area contributed by atoms with Crippen molar-refractivity contribution in [3.05, 3.63) is 35.1 Å². The fourth-order valence-electron chi connectivity index (χ4n) is 2.65. The van der Waals surface area contributed by atoms with Crippen molar-refractivity contribution in [1.82, 2.24) is 5.43 Å². The van der Waals surface area contributed by atoms with Crippen LogP contribution in [0.15, 0.2) is 18.2 Å².